The molecule has 0 unspecified atom stereocenters. The van der Waals surface area contributed by atoms with Gasteiger partial charge in [-0.2, -0.15) is 0 Å². The molecule has 2 aromatic rings. The molecule has 7 fully saturated rings. The molecule has 0 radical (unpaired) electrons. The molecule has 3 saturated heterocycles. The van der Waals surface area contributed by atoms with Gasteiger partial charge in [0.05, 0.1) is 61.0 Å². The van der Waals surface area contributed by atoms with Gasteiger partial charge >= 0.3 is 18.0 Å². The number of aliphatic hydroxyl groups is 2. The summed E-state index contributed by atoms with van der Waals surface area (Å²) in [6.45, 7) is 3.70. The van der Waals surface area contributed by atoms with Gasteiger partial charge in [0.15, 0.2) is 0 Å². The monoisotopic (exact) mass is 914 g/mol. The van der Waals surface area contributed by atoms with Crippen molar-refractivity contribution >= 4 is 23.9 Å². The molecule has 0 atom stereocenters. The van der Waals surface area contributed by atoms with Gasteiger partial charge in [0.1, 0.15) is 0 Å². The molecule has 66 heavy (non-hydrogen) atoms. The second-order valence-corrected chi connectivity index (χ2v) is 21.5. The first-order chi connectivity index (χ1) is 31.5. The number of hydrogen-bond acceptors (Lipinski definition) is 9. The van der Waals surface area contributed by atoms with Crippen LogP contribution in [0.1, 0.15) is 114 Å². The molecule has 15 nitrogen and oxygen atoms in total. The fraction of sp³-hybridized carbons (Fsp3) is 0.686. The molecule has 3 aliphatic heterocycles. The Labute approximate surface area is 391 Å². The minimum atomic E-state index is -0.891. The number of carboxylic acids is 1. The Morgan fingerprint density at radius 1 is 0.621 bits per heavy atom. The van der Waals surface area contributed by atoms with Gasteiger partial charge in [-0.25, -0.2) is 9.59 Å². The van der Waals surface area contributed by atoms with Crippen LogP contribution in [-0.2, 0) is 25.4 Å². The van der Waals surface area contributed by atoms with Gasteiger partial charge in [-0.3, -0.25) is 19.4 Å². The number of ether oxygens (including phenoxy) is 1. The van der Waals surface area contributed by atoms with Crippen LogP contribution in [0.4, 0.5) is 9.59 Å². The molecule has 5 amide bonds. The van der Waals surface area contributed by atoms with Crippen LogP contribution in [-0.4, -0.2) is 178 Å². The molecular weight excluding hydrogens is 839 g/mol. The molecule has 3 heterocycles. The number of nitrogens with one attached hydrogen (secondary N) is 1. The summed E-state index contributed by atoms with van der Waals surface area (Å²) in [4.78, 5) is 62.5. The van der Waals surface area contributed by atoms with Crippen LogP contribution >= 0.6 is 0 Å². The SMILES string of the molecule is CN(C)C1(c2ccccc2)CCC2(CC1)CN(CCC(=O)NC1COC1)C(=O)N2CC1(O)CCC1.CN(C)C1(c2ccccc2)CCC2(CC1)CN(CCC(=O)O)C(=O)N2CC1(O)CCC1. The molecule has 0 aromatic heterocycles. The largest absolute Gasteiger partial charge is 0.481 e. The molecule has 4 saturated carbocycles. The summed E-state index contributed by atoms with van der Waals surface area (Å²) in [6, 6.07) is 21.2. The molecule has 2 spiro atoms. The minimum Gasteiger partial charge on any atom is -0.481 e. The van der Waals surface area contributed by atoms with E-state index in [1.54, 1.807) is 4.90 Å². The zero-order valence-electron chi connectivity index (χ0n) is 39.9. The van der Waals surface area contributed by atoms with Crippen LogP contribution in [0.2, 0.25) is 0 Å². The zero-order valence-corrected chi connectivity index (χ0v) is 39.9. The topological polar surface area (TPSA) is 170 Å². The van der Waals surface area contributed by atoms with Gasteiger partial charge in [-0.05, 0) is 129 Å². The highest BCUT2D eigenvalue weighted by molar-refractivity contribution is 5.81. The van der Waals surface area contributed by atoms with E-state index in [0.717, 1.165) is 89.9 Å². The fourth-order valence-electron chi connectivity index (χ4n) is 12.3. The molecule has 7 aliphatic rings. The van der Waals surface area contributed by atoms with Gasteiger partial charge in [0.25, 0.3) is 0 Å². The van der Waals surface area contributed by atoms with Crippen molar-refractivity contribution in [1.29, 1.82) is 0 Å². The van der Waals surface area contributed by atoms with Crippen molar-refractivity contribution in [2.45, 2.75) is 142 Å². The molecule has 15 heteroatoms. The number of urea groups is 2. The summed E-state index contributed by atoms with van der Waals surface area (Å²) in [5.74, 6) is -0.923. The molecule has 9 rings (SSSR count). The van der Waals surface area contributed by atoms with E-state index in [1.165, 1.54) is 11.1 Å². The number of carboxylic acid groups (broad SMARTS) is 1. The Hall–Kier alpha value is -4.28. The second kappa shape index (κ2) is 19.0. The zero-order chi connectivity index (χ0) is 47.0. The Morgan fingerprint density at radius 3 is 1.33 bits per heavy atom. The van der Waals surface area contributed by atoms with Crippen LogP contribution in [0.3, 0.4) is 0 Å². The van der Waals surface area contributed by atoms with E-state index in [9.17, 15) is 29.4 Å². The first-order valence-corrected chi connectivity index (χ1v) is 24.6. The van der Waals surface area contributed by atoms with E-state index in [1.807, 2.05) is 20.8 Å². The van der Waals surface area contributed by atoms with Gasteiger partial charge in [-0.1, -0.05) is 60.7 Å². The van der Waals surface area contributed by atoms with E-state index in [0.29, 0.717) is 52.4 Å². The Balaban J connectivity index is 0.000000181. The van der Waals surface area contributed by atoms with E-state index >= 15 is 0 Å². The summed E-state index contributed by atoms with van der Waals surface area (Å²) < 4.78 is 5.13. The molecule has 4 aliphatic carbocycles. The first kappa shape index (κ1) is 48.2. The van der Waals surface area contributed by atoms with Gasteiger partial charge in [0, 0.05) is 43.7 Å². The van der Waals surface area contributed by atoms with Gasteiger partial charge < -0.3 is 45.0 Å². The van der Waals surface area contributed by atoms with Crippen LogP contribution < -0.4 is 5.32 Å². The lowest BCUT2D eigenvalue weighted by Crippen LogP contribution is -2.59. The minimum absolute atomic E-state index is 0.0258. The number of nitrogens with zero attached hydrogens (tertiary/aromatic N) is 6. The highest BCUT2D eigenvalue weighted by Crippen LogP contribution is 2.52. The van der Waals surface area contributed by atoms with Crippen molar-refractivity contribution in [1.82, 2.24) is 34.7 Å². The highest BCUT2D eigenvalue weighted by atomic mass is 16.5. The standard InChI is InChI=1S/C27H40N4O4.C24H35N3O4/c1-29(2)27(21-7-4-3-5-8-21)14-12-25(13-15-27)19-30(16-9-23(32)28-22-17-35-18-22)24(33)31(25)20-26(34)10-6-11-26;1-25(2)24(19-7-4-3-5-8-19)14-12-22(13-15-24)17-26(16-9-20(28)29)21(30)27(22)18-23(31)10-6-11-23/h3-5,7-8,22,34H,6,9-20H2,1-2H3,(H,28,32);3-5,7-8,31H,6,9-18H2,1-2H3,(H,28,29). The van der Waals surface area contributed by atoms with Crippen LogP contribution in [0.15, 0.2) is 60.7 Å². The number of rotatable bonds is 15. The Bertz CT molecular complexity index is 2020. The third-order valence-electron chi connectivity index (χ3n) is 17.1. The fourth-order valence-corrected chi connectivity index (χ4v) is 12.3. The predicted octanol–water partition coefficient (Wildman–Crippen LogP) is 5.20. The van der Waals surface area contributed by atoms with Gasteiger partial charge in [-0.15, -0.1) is 0 Å². The van der Waals surface area contributed by atoms with Crippen molar-refractivity contribution < 1.29 is 39.2 Å². The van der Waals surface area contributed by atoms with Crippen molar-refractivity contribution in [3.05, 3.63) is 71.8 Å². The summed E-state index contributed by atoms with van der Waals surface area (Å²) >= 11 is 0. The first-order valence-electron chi connectivity index (χ1n) is 24.6. The van der Waals surface area contributed by atoms with E-state index in [2.05, 4.69) is 97.9 Å². The number of β-amino-alcohol motifs (C(OH)–C–C–N with tert-alkyl or cyclic N) is 2. The quantitative estimate of drug-likeness (QED) is 0.187. The predicted molar refractivity (Wildman–Crippen MR) is 251 cm³/mol. The maximum absolute atomic E-state index is 13.6. The van der Waals surface area contributed by atoms with Crippen LogP contribution in [0.5, 0.6) is 0 Å². The van der Waals surface area contributed by atoms with Crippen LogP contribution in [0.25, 0.3) is 0 Å². The lowest BCUT2D eigenvalue weighted by molar-refractivity contribution is -0.137. The normalized spacial score (nSPS) is 30.3. The van der Waals surface area contributed by atoms with E-state index < -0.39 is 17.2 Å². The summed E-state index contributed by atoms with van der Waals surface area (Å²) in [5, 5.41) is 34.0. The number of carbonyl (C=O) groups excluding carboxylic acids is 3. The lowest BCUT2D eigenvalue weighted by Gasteiger charge is -2.52. The summed E-state index contributed by atoms with van der Waals surface area (Å²) in [6.07, 6.45) is 12.4. The highest BCUT2D eigenvalue weighted by Gasteiger charge is 2.58. The molecule has 2 aromatic carbocycles. The van der Waals surface area contributed by atoms with Crippen LogP contribution in [0, 0.1) is 0 Å². The smallest absolute Gasteiger partial charge is 0.320 e. The maximum atomic E-state index is 13.6. The second-order valence-electron chi connectivity index (χ2n) is 21.5. The summed E-state index contributed by atoms with van der Waals surface area (Å²) in [7, 11) is 8.55. The Morgan fingerprint density at radius 2 is 1.02 bits per heavy atom. The molecule has 4 N–H and O–H groups in total. The number of benzene rings is 2. The van der Waals surface area contributed by atoms with Gasteiger partial charge in [0.2, 0.25) is 5.91 Å². The number of hydrogen-bond donors (Lipinski definition) is 4. The van der Waals surface area contributed by atoms with Crippen molar-refractivity contribution in [2.75, 3.05) is 80.7 Å². The molecule has 0 bridgehead atoms. The molecule has 362 valence electrons. The average molecular weight is 914 g/mol. The third kappa shape index (κ3) is 9.44. The average Bonchev–Trinajstić information content (AvgIpc) is 3.67. The van der Waals surface area contributed by atoms with Crippen molar-refractivity contribution in [3.8, 4) is 0 Å². The van der Waals surface area contributed by atoms with E-state index in [-0.39, 0.29) is 59.1 Å². The Kier molecular flexibility index (Phi) is 13.9. The number of carbonyl (C=O) groups is 4. The summed E-state index contributed by atoms with van der Waals surface area (Å²) in [5.41, 5.74) is 0.282. The van der Waals surface area contributed by atoms with E-state index in [4.69, 9.17) is 9.84 Å². The lowest BCUT2D eigenvalue weighted by atomic mass is 9.67. The number of amides is 5. The van der Waals surface area contributed by atoms with Crippen molar-refractivity contribution in [2.24, 2.45) is 0 Å². The third-order valence-corrected chi connectivity index (χ3v) is 17.1. The number of aliphatic carboxylic acids is 1. The molecular formula is C51H75N7O8. The maximum Gasteiger partial charge on any atom is 0.320 e. The van der Waals surface area contributed by atoms with Crippen molar-refractivity contribution in [3.63, 3.8) is 0 Å².